The summed E-state index contributed by atoms with van der Waals surface area (Å²) in [6.45, 7) is 8.51. The number of halogens is 6. The number of carbonyl (C=O) groups excluding carboxylic acids is 1. The molecule has 2 aromatic carbocycles. The molecule has 10 nitrogen and oxygen atoms in total. The maximum absolute atomic E-state index is 12.7. The van der Waals surface area contributed by atoms with Gasteiger partial charge in [0.1, 0.15) is 40.2 Å². The first-order valence-corrected chi connectivity index (χ1v) is 17.8. The van der Waals surface area contributed by atoms with Gasteiger partial charge in [-0.25, -0.2) is 14.8 Å². The van der Waals surface area contributed by atoms with Crippen LogP contribution in [0.3, 0.4) is 0 Å². The lowest BCUT2D eigenvalue weighted by atomic mass is 10.1. The molecule has 16 heteroatoms. The highest BCUT2D eigenvalue weighted by Gasteiger charge is 2.31. The third kappa shape index (κ3) is 12.7. The van der Waals surface area contributed by atoms with Gasteiger partial charge in [0.25, 0.3) is 0 Å². The van der Waals surface area contributed by atoms with Gasteiger partial charge in [0.2, 0.25) is 0 Å². The smallest absolute Gasteiger partial charge is 0.416 e. The average Bonchev–Trinajstić information content (AvgIpc) is 3.12. The van der Waals surface area contributed by atoms with Gasteiger partial charge in [0.05, 0.1) is 11.1 Å². The zero-order valence-electron chi connectivity index (χ0n) is 30.7. The molecule has 2 aliphatic rings. The third-order valence-electron chi connectivity index (χ3n) is 8.67. The fourth-order valence-corrected chi connectivity index (χ4v) is 5.82. The molecule has 0 saturated carbocycles. The SMILES string of the molecule is CC(C)(C)OC(=O)NC1CCN(c2cc(Oc3ccc(C(F)(F)F)cc3)ccn2)CC1.NC1CCN(c2cc(Oc3ccc(C(F)(F)F)cc3)ccn2)CC1. The van der Waals surface area contributed by atoms with E-state index in [0.717, 1.165) is 68.9 Å². The quantitative estimate of drug-likeness (QED) is 0.177. The molecule has 0 radical (unpaired) electrons. The first-order valence-electron chi connectivity index (χ1n) is 17.8. The number of aromatic nitrogens is 2. The van der Waals surface area contributed by atoms with Gasteiger partial charge in [-0.15, -0.1) is 0 Å². The van der Waals surface area contributed by atoms with Crippen molar-refractivity contribution in [3.05, 3.63) is 96.3 Å². The van der Waals surface area contributed by atoms with E-state index in [0.29, 0.717) is 41.9 Å². The van der Waals surface area contributed by atoms with Gasteiger partial charge >= 0.3 is 18.4 Å². The molecule has 55 heavy (non-hydrogen) atoms. The minimum atomic E-state index is -4.38. The third-order valence-corrected chi connectivity index (χ3v) is 8.67. The summed E-state index contributed by atoms with van der Waals surface area (Å²) in [5.41, 5.74) is 3.94. The molecular weight excluding hydrogens is 730 g/mol. The molecule has 0 unspecified atom stereocenters. The van der Waals surface area contributed by atoms with Crippen LogP contribution >= 0.6 is 0 Å². The van der Waals surface area contributed by atoms with Crippen LogP contribution in [0.5, 0.6) is 23.0 Å². The summed E-state index contributed by atoms with van der Waals surface area (Å²) >= 11 is 0. The Balaban J connectivity index is 0.000000218. The van der Waals surface area contributed by atoms with E-state index in [2.05, 4.69) is 25.1 Å². The van der Waals surface area contributed by atoms with Crippen LogP contribution in [0.4, 0.5) is 42.8 Å². The number of nitrogens with one attached hydrogen (secondary N) is 1. The largest absolute Gasteiger partial charge is 0.457 e. The van der Waals surface area contributed by atoms with Crippen LogP contribution in [0, 0.1) is 0 Å². The number of benzene rings is 2. The van der Waals surface area contributed by atoms with E-state index >= 15 is 0 Å². The molecular formula is C39H44F6N6O4. The normalized spacial score (nSPS) is 15.8. The van der Waals surface area contributed by atoms with E-state index in [1.807, 2.05) is 20.8 Å². The summed E-state index contributed by atoms with van der Waals surface area (Å²) in [4.78, 5) is 24.8. The zero-order valence-corrected chi connectivity index (χ0v) is 30.7. The van der Waals surface area contributed by atoms with Crippen molar-refractivity contribution in [3.63, 3.8) is 0 Å². The van der Waals surface area contributed by atoms with Gasteiger partial charge in [0.15, 0.2) is 0 Å². The summed E-state index contributed by atoms with van der Waals surface area (Å²) in [5.74, 6) is 3.17. The van der Waals surface area contributed by atoms with Gasteiger partial charge in [-0.2, -0.15) is 26.3 Å². The van der Waals surface area contributed by atoms with E-state index < -0.39 is 35.2 Å². The van der Waals surface area contributed by atoms with Crippen LogP contribution in [-0.2, 0) is 17.1 Å². The number of ether oxygens (including phenoxy) is 3. The molecule has 2 fully saturated rings. The molecule has 2 aromatic heterocycles. The molecule has 0 bridgehead atoms. The van der Waals surface area contributed by atoms with Gasteiger partial charge in [0, 0.05) is 62.8 Å². The second-order valence-electron chi connectivity index (χ2n) is 14.2. The van der Waals surface area contributed by atoms with Crippen molar-refractivity contribution < 1.29 is 45.3 Å². The van der Waals surface area contributed by atoms with E-state index in [-0.39, 0.29) is 12.1 Å². The highest BCUT2D eigenvalue weighted by atomic mass is 19.4. The number of carbonyl (C=O) groups is 1. The molecule has 1 amide bonds. The number of piperidine rings is 2. The Morgan fingerprint density at radius 2 is 1.05 bits per heavy atom. The van der Waals surface area contributed by atoms with E-state index in [1.165, 1.54) is 24.3 Å². The van der Waals surface area contributed by atoms with Gasteiger partial charge in [-0.3, -0.25) is 0 Å². The lowest BCUT2D eigenvalue weighted by Crippen LogP contribution is -2.46. The second-order valence-corrected chi connectivity index (χ2v) is 14.2. The molecule has 4 aromatic rings. The molecule has 4 heterocycles. The number of rotatable bonds is 7. The molecule has 6 rings (SSSR count). The fraction of sp³-hybridized carbons (Fsp3) is 0.410. The van der Waals surface area contributed by atoms with Crippen molar-refractivity contribution in [2.24, 2.45) is 5.73 Å². The molecule has 3 N–H and O–H groups in total. The van der Waals surface area contributed by atoms with Crippen LogP contribution in [0.25, 0.3) is 0 Å². The van der Waals surface area contributed by atoms with Gasteiger partial charge in [-0.05, 0) is 107 Å². The average molecular weight is 775 g/mol. The maximum Gasteiger partial charge on any atom is 0.416 e. The van der Waals surface area contributed by atoms with E-state index in [1.54, 1.807) is 36.7 Å². The minimum Gasteiger partial charge on any atom is -0.457 e. The number of anilines is 2. The summed E-state index contributed by atoms with van der Waals surface area (Å²) in [5, 5.41) is 2.89. The van der Waals surface area contributed by atoms with Crippen LogP contribution < -0.4 is 30.3 Å². The number of pyridine rings is 2. The second kappa shape index (κ2) is 17.5. The van der Waals surface area contributed by atoms with Crippen molar-refractivity contribution in [2.75, 3.05) is 36.0 Å². The first kappa shape index (κ1) is 40.9. The number of hydrogen-bond donors (Lipinski definition) is 2. The molecule has 296 valence electrons. The number of alkyl carbamates (subject to hydrolysis) is 1. The van der Waals surface area contributed by atoms with Crippen LogP contribution in [0.15, 0.2) is 85.2 Å². The van der Waals surface area contributed by atoms with Crippen molar-refractivity contribution in [3.8, 4) is 23.0 Å². The highest BCUT2D eigenvalue weighted by molar-refractivity contribution is 5.68. The summed E-state index contributed by atoms with van der Waals surface area (Å²) in [6, 6.07) is 16.3. The molecule has 2 saturated heterocycles. The monoisotopic (exact) mass is 774 g/mol. The zero-order chi connectivity index (χ0) is 39.8. The Labute approximate surface area is 315 Å². The Kier molecular flexibility index (Phi) is 13.0. The highest BCUT2D eigenvalue weighted by Crippen LogP contribution is 2.34. The molecule has 0 aliphatic carbocycles. The molecule has 0 atom stereocenters. The van der Waals surface area contributed by atoms with Crippen molar-refractivity contribution >= 4 is 17.7 Å². The van der Waals surface area contributed by atoms with E-state index in [4.69, 9.17) is 19.9 Å². The van der Waals surface area contributed by atoms with Crippen molar-refractivity contribution in [2.45, 2.75) is 76.5 Å². The van der Waals surface area contributed by atoms with Crippen molar-refractivity contribution in [1.29, 1.82) is 0 Å². The number of nitrogens with zero attached hydrogens (tertiary/aromatic N) is 4. The molecule has 2 aliphatic heterocycles. The first-order chi connectivity index (χ1) is 25.9. The van der Waals surface area contributed by atoms with Crippen molar-refractivity contribution in [1.82, 2.24) is 15.3 Å². The minimum absolute atomic E-state index is 0.0256. The topological polar surface area (TPSA) is 115 Å². The van der Waals surface area contributed by atoms with E-state index in [9.17, 15) is 31.1 Å². The lowest BCUT2D eigenvalue weighted by Gasteiger charge is -2.33. The Bertz CT molecular complexity index is 1840. The Morgan fingerprint density at radius 3 is 1.44 bits per heavy atom. The maximum atomic E-state index is 12.7. The standard InChI is InChI=1S/C22H26F3N3O3.C17H18F3N3O/c1-21(2,3)31-20(29)27-16-9-12-28(13-10-16)19-14-18(8-11-26-19)30-17-6-4-15(5-7-17)22(23,24)25;18-17(19,20)12-1-3-14(4-2-12)24-15-5-8-22-16(11-15)23-9-6-13(21)7-10-23/h4-8,11,14,16H,9-10,12-13H2,1-3H3,(H,27,29);1-5,8,11,13H,6-7,9-10,21H2. The Morgan fingerprint density at radius 1 is 0.655 bits per heavy atom. The Hall–Kier alpha value is -5.25. The summed E-state index contributed by atoms with van der Waals surface area (Å²) in [6.07, 6.45) is -2.63. The number of hydrogen-bond acceptors (Lipinski definition) is 9. The number of amides is 1. The fourth-order valence-electron chi connectivity index (χ4n) is 5.82. The summed E-state index contributed by atoms with van der Waals surface area (Å²) < 4.78 is 92.4. The predicted molar refractivity (Wildman–Crippen MR) is 196 cm³/mol. The lowest BCUT2D eigenvalue weighted by molar-refractivity contribution is -0.138. The molecule has 0 spiro atoms. The van der Waals surface area contributed by atoms with Crippen LogP contribution in [0.2, 0.25) is 0 Å². The number of alkyl halides is 6. The van der Waals surface area contributed by atoms with Gasteiger partial charge in [-0.1, -0.05) is 0 Å². The number of nitrogens with two attached hydrogens (primary N) is 1. The van der Waals surface area contributed by atoms with Crippen LogP contribution in [-0.4, -0.2) is 59.9 Å². The summed E-state index contributed by atoms with van der Waals surface area (Å²) in [7, 11) is 0. The van der Waals surface area contributed by atoms with Gasteiger partial charge < -0.3 is 35.1 Å². The predicted octanol–water partition coefficient (Wildman–Crippen LogP) is 9.21. The van der Waals surface area contributed by atoms with Crippen LogP contribution in [0.1, 0.15) is 57.6 Å².